The van der Waals surface area contributed by atoms with E-state index in [0.29, 0.717) is 19.5 Å². The number of hydrogen-bond donors (Lipinski definition) is 2. The zero-order valence-corrected chi connectivity index (χ0v) is 10.9. The number of benzene rings is 1. The molecule has 0 spiro atoms. The molecule has 1 heterocycles. The summed E-state index contributed by atoms with van der Waals surface area (Å²) in [6.07, 6.45) is 2.19. The van der Waals surface area contributed by atoms with Crippen molar-refractivity contribution in [2.24, 2.45) is 0 Å². The third-order valence-electron chi connectivity index (χ3n) is 3.22. The van der Waals surface area contributed by atoms with E-state index < -0.39 is 0 Å². The van der Waals surface area contributed by atoms with Gasteiger partial charge in [-0.15, -0.1) is 0 Å². The number of nitrogen functional groups attached to an aromatic ring is 1. The largest absolute Gasteiger partial charge is 0.399 e. The Labute approximate surface area is 112 Å². The Balaban J connectivity index is 1.69. The highest BCUT2D eigenvalue weighted by Crippen LogP contribution is 2.08. The SMILES string of the molecule is Nc1ccc(CCNC(=O)CN2CCCC2=O)cc1. The van der Waals surface area contributed by atoms with E-state index in [4.69, 9.17) is 5.73 Å². The molecule has 1 aromatic rings. The van der Waals surface area contributed by atoms with Crippen LogP contribution in [0.1, 0.15) is 18.4 Å². The molecule has 1 aliphatic heterocycles. The Hall–Kier alpha value is -2.04. The molecule has 0 aliphatic carbocycles. The number of hydrogen-bond acceptors (Lipinski definition) is 3. The second-order valence-corrected chi connectivity index (χ2v) is 4.76. The van der Waals surface area contributed by atoms with Gasteiger partial charge in [-0.1, -0.05) is 12.1 Å². The normalized spacial score (nSPS) is 14.7. The average Bonchev–Trinajstić information content (AvgIpc) is 2.78. The molecule has 0 bridgehead atoms. The van der Waals surface area contributed by atoms with Crippen LogP contribution in [0.2, 0.25) is 0 Å². The van der Waals surface area contributed by atoms with Crippen LogP contribution in [0, 0.1) is 0 Å². The van der Waals surface area contributed by atoms with Crippen molar-refractivity contribution in [2.45, 2.75) is 19.3 Å². The van der Waals surface area contributed by atoms with Gasteiger partial charge in [0.25, 0.3) is 0 Å². The average molecular weight is 261 g/mol. The van der Waals surface area contributed by atoms with E-state index in [2.05, 4.69) is 5.32 Å². The van der Waals surface area contributed by atoms with Gasteiger partial charge in [0.15, 0.2) is 0 Å². The van der Waals surface area contributed by atoms with Gasteiger partial charge in [0.05, 0.1) is 6.54 Å². The van der Waals surface area contributed by atoms with E-state index >= 15 is 0 Å². The van der Waals surface area contributed by atoms with Crippen molar-refractivity contribution in [1.82, 2.24) is 10.2 Å². The second kappa shape index (κ2) is 6.22. The van der Waals surface area contributed by atoms with Gasteiger partial charge >= 0.3 is 0 Å². The second-order valence-electron chi connectivity index (χ2n) is 4.76. The molecule has 102 valence electrons. The summed E-state index contributed by atoms with van der Waals surface area (Å²) in [5.41, 5.74) is 7.47. The quantitative estimate of drug-likeness (QED) is 0.760. The van der Waals surface area contributed by atoms with Gasteiger partial charge in [0, 0.05) is 25.2 Å². The minimum atomic E-state index is -0.0919. The van der Waals surface area contributed by atoms with Gasteiger partial charge in [-0.25, -0.2) is 0 Å². The zero-order valence-electron chi connectivity index (χ0n) is 10.9. The lowest BCUT2D eigenvalue weighted by Crippen LogP contribution is -2.38. The number of carbonyl (C=O) groups is 2. The maximum absolute atomic E-state index is 11.7. The number of amides is 2. The molecular formula is C14H19N3O2. The zero-order chi connectivity index (χ0) is 13.7. The lowest BCUT2D eigenvalue weighted by molar-refractivity contribution is -0.133. The van der Waals surface area contributed by atoms with Crippen molar-refractivity contribution < 1.29 is 9.59 Å². The number of carbonyl (C=O) groups excluding carboxylic acids is 2. The molecular weight excluding hydrogens is 242 g/mol. The molecule has 1 aromatic carbocycles. The van der Waals surface area contributed by atoms with E-state index in [1.807, 2.05) is 24.3 Å². The monoisotopic (exact) mass is 261 g/mol. The fourth-order valence-electron chi connectivity index (χ4n) is 2.13. The molecule has 1 saturated heterocycles. The van der Waals surface area contributed by atoms with E-state index in [-0.39, 0.29) is 18.4 Å². The summed E-state index contributed by atoms with van der Waals surface area (Å²) in [6.45, 7) is 1.45. The van der Waals surface area contributed by atoms with Crippen molar-refractivity contribution in [1.29, 1.82) is 0 Å². The van der Waals surface area contributed by atoms with Crippen LogP contribution in [0.15, 0.2) is 24.3 Å². The Morgan fingerprint density at radius 1 is 1.32 bits per heavy atom. The molecule has 0 aromatic heterocycles. The number of nitrogens with zero attached hydrogens (tertiary/aromatic N) is 1. The van der Waals surface area contributed by atoms with Crippen LogP contribution in [0.4, 0.5) is 5.69 Å². The van der Waals surface area contributed by atoms with E-state index in [9.17, 15) is 9.59 Å². The number of nitrogens with one attached hydrogen (secondary N) is 1. The van der Waals surface area contributed by atoms with Crippen LogP contribution in [-0.2, 0) is 16.0 Å². The van der Waals surface area contributed by atoms with E-state index in [1.165, 1.54) is 0 Å². The summed E-state index contributed by atoms with van der Waals surface area (Å²) in [5.74, 6) is -0.0145. The number of nitrogens with two attached hydrogens (primary N) is 1. The highest BCUT2D eigenvalue weighted by atomic mass is 16.2. The Bertz CT molecular complexity index is 456. The fourth-order valence-corrected chi connectivity index (χ4v) is 2.13. The molecule has 5 heteroatoms. The van der Waals surface area contributed by atoms with Crippen LogP contribution in [0.5, 0.6) is 0 Å². The summed E-state index contributed by atoms with van der Waals surface area (Å²) in [6, 6.07) is 7.59. The molecule has 0 unspecified atom stereocenters. The molecule has 5 nitrogen and oxygen atoms in total. The fraction of sp³-hybridized carbons (Fsp3) is 0.429. The third kappa shape index (κ3) is 3.98. The maximum atomic E-state index is 11.7. The van der Waals surface area contributed by atoms with Crippen LogP contribution < -0.4 is 11.1 Å². The number of rotatable bonds is 5. The topological polar surface area (TPSA) is 75.4 Å². The van der Waals surface area contributed by atoms with Gasteiger partial charge in [-0.3, -0.25) is 9.59 Å². The number of likely N-dealkylation sites (tertiary alicyclic amines) is 1. The first-order chi connectivity index (χ1) is 9.15. The predicted molar refractivity (Wildman–Crippen MR) is 73.4 cm³/mol. The molecule has 0 atom stereocenters. The summed E-state index contributed by atoms with van der Waals surface area (Å²) < 4.78 is 0. The highest BCUT2D eigenvalue weighted by Gasteiger charge is 2.21. The third-order valence-corrected chi connectivity index (χ3v) is 3.22. The van der Waals surface area contributed by atoms with Crippen LogP contribution in [0.25, 0.3) is 0 Å². The molecule has 1 aliphatic rings. The van der Waals surface area contributed by atoms with Crippen LogP contribution in [0.3, 0.4) is 0 Å². The first-order valence-electron chi connectivity index (χ1n) is 6.54. The lowest BCUT2D eigenvalue weighted by atomic mass is 10.1. The van der Waals surface area contributed by atoms with Gasteiger partial charge < -0.3 is 16.0 Å². The molecule has 19 heavy (non-hydrogen) atoms. The Morgan fingerprint density at radius 3 is 2.68 bits per heavy atom. The van der Waals surface area contributed by atoms with E-state index in [1.54, 1.807) is 4.90 Å². The molecule has 0 radical (unpaired) electrons. The first kappa shape index (κ1) is 13.4. The molecule has 3 N–H and O–H groups in total. The van der Waals surface area contributed by atoms with Crippen molar-refractivity contribution in [3.8, 4) is 0 Å². The lowest BCUT2D eigenvalue weighted by Gasteiger charge is -2.14. The highest BCUT2D eigenvalue weighted by molar-refractivity contribution is 5.85. The van der Waals surface area contributed by atoms with Gasteiger partial charge in [-0.2, -0.15) is 0 Å². The molecule has 0 saturated carbocycles. The summed E-state index contributed by atoms with van der Waals surface area (Å²) in [7, 11) is 0. The summed E-state index contributed by atoms with van der Waals surface area (Å²) in [5, 5.41) is 2.83. The molecule has 2 amide bonds. The minimum absolute atomic E-state index is 0.0775. The van der Waals surface area contributed by atoms with Crippen molar-refractivity contribution >= 4 is 17.5 Å². The van der Waals surface area contributed by atoms with Crippen LogP contribution in [-0.4, -0.2) is 36.3 Å². The standard InChI is InChI=1S/C14H19N3O2/c15-12-5-3-11(4-6-12)7-8-16-13(18)10-17-9-1-2-14(17)19/h3-6H,1-2,7-10,15H2,(H,16,18). The van der Waals surface area contributed by atoms with E-state index in [0.717, 1.165) is 24.1 Å². The summed E-state index contributed by atoms with van der Waals surface area (Å²) >= 11 is 0. The molecule has 1 fully saturated rings. The van der Waals surface area contributed by atoms with Gasteiger partial charge in [-0.05, 0) is 30.5 Å². The smallest absolute Gasteiger partial charge is 0.239 e. The van der Waals surface area contributed by atoms with Gasteiger partial charge in [0.2, 0.25) is 11.8 Å². The van der Waals surface area contributed by atoms with Gasteiger partial charge in [0.1, 0.15) is 0 Å². The van der Waals surface area contributed by atoms with Crippen molar-refractivity contribution in [2.75, 3.05) is 25.4 Å². The van der Waals surface area contributed by atoms with Crippen molar-refractivity contribution in [3.05, 3.63) is 29.8 Å². The molecule has 2 rings (SSSR count). The predicted octanol–water partition coefficient (Wildman–Crippen LogP) is 0.550. The van der Waals surface area contributed by atoms with Crippen LogP contribution >= 0.6 is 0 Å². The Morgan fingerprint density at radius 2 is 2.05 bits per heavy atom. The maximum Gasteiger partial charge on any atom is 0.239 e. The first-order valence-corrected chi connectivity index (χ1v) is 6.54. The van der Waals surface area contributed by atoms with Crippen molar-refractivity contribution in [3.63, 3.8) is 0 Å². The minimum Gasteiger partial charge on any atom is -0.399 e. The Kier molecular flexibility index (Phi) is 4.39. The number of anilines is 1. The summed E-state index contributed by atoms with van der Waals surface area (Å²) in [4.78, 5) is 24.6.